The summed E-state index contributed by atoms with van der Waals surface area (Å²) in [5, 5.41) is 27.6. The number of carbonyl (C=O) groups is 4. The molecular formula is C4H8FeO8Zn. The summed E-state index contributed by atoms with van der Waals surface area (Å²) in [5.74, 6) is 0. The Hall–Kier alpha value is -0.977. The minimum absolute atomic E-state index is 0. The van der Waals surface area contributed by atoms with Crippen molar-refractivity contribution >= 4 is 25.9 Å². The molecule has 0 unspecified atom stereocenters. The molecule has 82 valence electrons. The van der Waals surface area contributed by atoms with Crippen molar-refractivity contribution in [3.63, 3.8) is 0 Å². The third kappa shape index (κ3) is 1160. The first-order valence-corrected chi connectivity index (χ1v) is 1.98. The summed E-state index contributed by atoms with van der Waals surface area (Å²) in [5.41, 5.74) is 0. The maximum Gasteiger partial charge on any atom is 0.290 e. The summed E-state index contributed by atoms with van der Waals surface area (Å²) >= 11 is 0. The van der Waals surface area contributed by atoms with Gasteiger partial charge < -0.3 is 20.4 Å². The molecule has 0 bridgehead atoms. The molecule has 0 rings (SSSR count). The molecule has 0 atom stereocenters. The first-order valence-electron chi connectivity index (χ1n) is 1.98. The molecule has 0 heterocycles. The zero-order chi connectivity index (χ0) is 10.8. The van der Waals surface area contributed by atoms with Crippen molar-refractivity contribution in [2.45, 2.75) is 0 Å². The van der Waals surface area contributed by atoms with Crippen LogP contribution in [0, 0.1) is 0 Å². The van der Waals surface area contributed by atoms with Crippen LogP contribution in [-0.4, -0.2) is 46.3 Å². The molecular weight excluding hydrogens is 297 g/mol. The number of hydrogen-bond acceptors (Lipinski definition) is 4. The second kappa shape index (κ2) is 160. The average molecular weight is 305 g/mol. The molecule has 14 heavy (non-hydrogen) atoms. The van der Waals surface area contributed by atoms with E-state index in [2.05, 4.69) is 0 Å². The Morgan fingerprint density at radius 1 is 0.571 bits per heavy atom. The summed E-state index contributed by atoms with van der Waals surface area (Å²) in [7, 11) is 0. The van der Waals surface area contributed by atoms with Crippen LogP contribution in [0.15, 0.2) is 0 Å². The van der Waals surface area contributed by atoms with Crippen LogP contribution in [-0.2, 0) is 55.7 Å². The van der Waals surface area contributed by atoms with E-state index < -0.39 is 0 Å². The van der Waals surface area contributed by atoms with E-state index in [-0.39, 0.29) is 62.4 Å². The van der Waals surface area contributed by atoms with Crippen LogP contribution in [0.1, 0.15) is 0 Å². The van der Waals surface area contributed by atoms with Gasteiger partial charge in [0, 0.05) is 36.5 Å². The van der Waals surface area contributed by atoms with Crippen LogP contribution < -0.4 is 0 Å². The van der Waals surface area contributed by atoms with Crippen LogP contribution in [0.25, 0.3) is 0 Å². The summed E-state index contributed by atoms with van der Waals surface area (Å²) in [6.07, 6.45) is 0. The van der Waals surface area contributed by atoms with E-state index in [1.165, 1.54) is 0 Å². The fourth-order valence-corrected chi connectivity index (χ4v) is 0. The SMILES string of the molecule is O=CO.O=CO.O=CO.O=CO.[Fe].[Zn]. The topological polar surface area (TPSA) is 149 Å². The van der Waals surface area contributed by atoms with Gasteiger partial charge >= 0.3 is 0 Å². The minimum Gasteiger partial charge on any atom is -0.483 e. The quantitative estimate of drug-likeness (QED) is 0.322. The predicted molar refractivity (Wildman–Crippen MR) is 34.8 cm³/mol. The molecule has 8 nitrogen and oxygen atoms in total. The van der Waals surface area contributed by atoms with E-state index in [0.29, 0.717) is 0 Å². The molecule has 0 aromatic carbocycles. The summed E-state index contributed by atoms with van der Waals surface area (Å²) in [6.45, 7) is -1.00. The van der Waals surface area contributed by atoms with Gasteiger partial charge in [-0.3, -0.25) is 19.2 Å². The van der Waals surface area contributed by atoms with E-state index in [1.807, 2.05) is 0 Å². The zero-order valence-electron chi connectivity index (χ0n) is 6.79. The molecule has 0 saturated carbocycles. The van der Waals surface area contributed by atoms with Crippen LogP contribution in [0.4, 0.5) is 0 Å². The van der Waals surface area contributed by atoms with Gasteiger partial charge in [-0.15, -0.1) is 0 Å². The Morgan fingerprint density at radius 2 is 0.571 bits per heavy atom. The van der Waals surface area contributed by atoms with Gasteiger partial charge in [0.25, 0.3) is 25.9 Å². The molecule has 0 amide bonds. The first-order chi connectivity index (χ1) is 5.66. The van der Waals surface area contributed by atoms with Gasteiger partial charge in [-0.1, -0.05) is 0 Å². The standard InChI is InChI=1S/4CH2O2.Fe.Zn/c4*2-1-3;;/h4*1H,(H,2,3);;. The third-order valence-electron chi connectivity index (χ3n) is 0. The van der Waals surface area contributed by atoms with E-state index >= 15 is 0 Å². The van der Waals surface area contributed by atoms with Gasteiger partial charge in [0.2, 0.25) is 0 Å². The molecule has 0 radical (unpaired) electrons. The second-order valence-electron chi connectivity index (χ2n) is 0.422. The predicted octanol–water partition coefficient (Wildman–Crippen LogP) is -1.20. The monoisotopic (exact) mass is 304 g/mol. The number of rotatable bonds is 0. The molecule has 0 saturated heterocycles. The second-order valence-corrected chi connectivity index (χ2v) is 0.422. The molecule has 0 aliphatic rings. The van der Waals surface area contributed by atoms with Gasteiger partial charge in [-0.25, -0.2) is 0 Å². The maximum absolute atomic E-state index is 8.36. The van der Waals surface area contributed by atoms with E-state index in [0.717, 1.165) is 0 Å². The maximum atomic E-state index is 8.36. The molecule has 0 spiro atoms. The van der Waals surface area contributed by atoms with Crippen molar-refractivity contribution in [3.8, 4) is 0 Å². The van der Waals surface area contributed by atoms with Crippen molar-refractivity contribution in [1.29, 1.82) is 0 Å². The normalized spacial score (nSPS) is 3.43. The Balaban J connectivity index is -0.0000000145. The van der Waals surface area contributed by atoms with Gasteiger partial charge in [0.05, 0.1) is 0 Å². The van der Waals surface area contributed by atoms with Crippen molar-refractivity contribution < 1.29 is 76.2 Å². The molecule has 4 N–H and O–H groups in total. The van der Waals surface area contributed by atoms with Crippen molar-refractivity contribution in [2.75, 3.05) is 0 Å². The fraction of sp³-hybridized carbons (Fsp3) is 0. The molecule has 10 heteroatoms. The first kappa shape index (κ1) is 38.2. The molecule has 0 aromatic heterocycles. The summed E-state index contributed by atoms with van der Waals surface area (Å²) in [4.78, 5) is 33.4. The number of carboxylic acid groups (broad SMARTS) is 4. The Morgan fingerprint density at radius 3 is 0.571 bits per heavy atom. The minimum atomic E-state index is -0.250. The molecule has 0 aliphatic carbocycles. The fourth-order valence-electron chi connectivity index (χ4n) is 0. The Bertz CT molecular complexity index is 75.3. The Labute approximate surface area is 102 Å². The molecule has 0 fully saturated rings. The van der Waals surface area contributed by atoms with Crippen LogP contribution >= 0.6 is 0 Å². The number of hydrogen-bond donors (Lipinski definition) is 4. The van der Waals surface area contributed by atoms with Gasteiger partial charge in [-0.2, -0.15) is 0 Å². The smallest absolute Gasteiger partial charge is 0.290 e. The molecule has 0 aromatic rings. The van der Waals surface area contributed by atoms with Gasteiger partial charge in [0.1, 0.15) is 0 Å². The van der Waals surface area contributed by atoms with Gasteiger partial charge in [-0.05, 0) is 0 Å². The largest absolute Gasteiger partial charge is 0.483 e. The average Bonchev–Trinajstić information content (AvgIpc) is 1.92. The van der Waals surface area contributed by atoms with Crippen LogP contribution in [0.2, 0.25) is 0 Å². The summed E-state index contributed by atoms with van der Waals surface area (Å²) < 4.78 is 0. The summed E-state index contributed by atoms with van der Waals surface area (Å²) in [6, 6.07) is 0. The van der Waals surface area contributed by atoms with Crippen LogP contribution in [0.5, 0.6) is 0 Å². The van der Waals surface area contributed by atoms with Gasteiger partial charge in [0.15, 0.2) is 0 Å². The van der Waals surface area contributed by atoms with Crippen molar-refractivity contribution in [1.82, 2.24) is 0 Å². The van der Waals surface area contributed by atoms with E-state index in [4.69, 9.17) is 39.6 Å². The van der Waals surface area contributed by atoms with Crippen molar-refractivity contribution in [2.24, 2.45) is 0 Å². The van der Waals surface area contributed by atoms with Crippen LogP contribution in [0.3, 0.4) is 0 Å². The third-order valence-corrected chi connectivity index (χ3v) is 0. The van der Waals surface area contributed by atoms with E-state index in [1.54, 1.807) is 0 Å². The molecule has 0 aliphatic heterocycles. The van der Waals surface area contributed by atoms with Crippen molar-refractivity contribution in [3.05, 3.63) is 0 Å². The van der Waals surface area contributed by atoms with E-state index in [9.17, 15) is 0 Å². The zero-order valence-corrected chi connectivity index (χ0v) is 10.9. The Kier molecular flexibility index (Phi) is 436.